The first-order valence-corrected chi connectivity index (χ1v) is 8.62. The van der Waals surface area contributed by atoms with E-state index in [2.05, 4.69) is 0 Å². The molecule has 112 valence electrons. The lowest BCUT2D eigenvalue weighted by atomic mass is 10.00. The Morgan fingerprint density at radius 3 is 2.70 bits per heavy atom. The van der Waals surface area contributed by atoms with Gasteiger partial charge in [-0.3, -0.25) is 0 Å². The summed E-state index contributed by atoms with van der Waals surface area (Å²) in [5.41, 5.74) is 0.772. The number of nitrogens with zero attached hydrogens (tertiary/aromatic N) is 1. The molecule has 1 aromatic carbocycles. The molecule has 0 amide bonds. The summed E-state index contributed by atoms with van der Waals surface area (Å²) in [6, 6.07) is 7.00. The number of benzene rings is 1. The van der Waals surface area contributed by atoms with Crippen molar-refractivity contribution in [1.82, 2.24) is 4.31 Å². The molecule has 2 atom stereocenters. The van der Waals surface area contributed by atoms with Gasteiger partial charge in [0.25, 0.3) is 0 Å². The number of aliphatic hydroxyl groups is 1. The molecular weight excluding hydrogens is 274 g/mol. The van der Waals surface area contributed by atoms with Crippen LogP contribution in [0.4, 0.5) is 0 Å². The van der Waals surface area contributed by atoms with Crippen LogP contribution in [0, 0.1) is 6.92 Å². The van der Waals surface area contributed by atoms with Crippen LogP contribution in [0.3, 0.4) is 0 Å². The Hall–Kier alpha value is -0.910. The van der Waals surface area contributed by atoms with E-state index in [1.54, 1.807) is 23.4 Å². The summed E-state index contributed by atoms with van der Waals surface area (Å²) in [5, 5.41) is 9.59. The van der Waals surface area contributed by atoms with E-state index < -0.39 is 16.1 Å². The summed E-state index contributed by atoms with van der Waals surface area (Å²) in [7, 11) is -3.47. The standard InChI is InChI=1S/C15H23NO3S/c1-12-7-3-4-9-15(12)20(18,19)16-10-6-5-8-14(16)11-13(2)17/h3-4,7,9,13-14,17H,5-6,8,10-11H2,1-2H3. The molecule has 1 saturated heterocycles. The van der Waals surface area contributed by atoms with Gasteiger partial charge < -0.3 is 5.11 Å². The van der Waals surface area contributed by atoms with Crippen LogP contribution in [0.1, 0.15) is 38.2 Å². The molecule has 2 unspecified atom stereocenters. The average molecular weight is 297 g/mol. The Balaban J connectivity index is 2.33. The first-order chi connectivity index (χ1) is 9.43. The van der Waals surface area contributed by atoms with E-state index in [0.717, 1.165) is 24.8 Å². The van der Waals surface area contributed by atoms with Crippen molar-refractivity contribution in [2.45, 2.75) is 56.6 Å². The highest BCUT2D eigenvalue weighted by Gasteiger charge is 2.34. The minimum atomic E-state index is -3.47. The van der Waals surface area contributed by atoms with Crippen molar-refractivity contribution >= 4 is 10.0 Å². The molecule has 0 bridgehead atoms. The Morgan fingerprint density at radius 2 is 2.05 bits per heavy atom. The Bertz CT molecular complexity index is 554. The Kier molecular flexibility index (Phi) is 4.83. The minimum Gasteiger partial charge on any atom is -0.393 e. The van der Waals surface area contributed by atoms with Crippen LogP contribution in [-0.2, 0) is 10.0 Å². The lowest BCUT2D eigenvalue weighted by molar-refractivity contribution is 0.131. The van der Waals surface area contributed by atoms with Crippen molar-refractivity contribution in [3.63, 3.8) is 0 Å². The molecule has 1 fully saturated rings. The lowest BCUT2D eigenvalue weighted by Gasteiger charge is -2.35. The molecule has 20 heavy (non-hydrogen) atoms. The molecule has 0 aromatic heterocycles. The highest BCUT2D eigenvalue weighted by Crippen LogP contribution is 2.29. The topological polar surface area (TPSA) is 57.6 Å². The summed E-state index contributed by atoms with van der Waals surface area (Å²) in [6.45, 7) is 4.09. The van der Waals surface area contributed by atoms with E-state index in [0.29, 0.717) is 17.9 Å². The fourth-order valence-electron chi connectivity index (χ4n) is 2.89. The average Bonchev–Trinajstić information content (AvgIpc) is 2.38. The highest BCUT2D eigenvalue weighted by molar-refractivity contribution is 7.89. The second-order valence-electron chi connectivity index (χ2n) is 5.62. The molecular formula is C15H23NO3S. The fourth-order valence-corrected chi connectivity index (χ4v) is 4.82. The van der Waals surface area contributed by atoms with Crippen LogP contribution in [0.2, 0.25) is 0 Å². The molecule has 4 nitrogen and oxygen atoms in total. The van der Waals surface area contributed by atoms with E-state index in [1.807, 2.05) is 19.1 Å². The van der Waals surface area contributed by atoms with Crippen molar-refractivity contribution in [2.75, 3.05) is 6.54 Å². The first kappa shape index (κ1) is 15.5. The molecule has 1 aliphatic rings. The molecule has 0 radical (unpaired) electrons. The Labute approximate surface area is 121 Å². The van der Waals surface area contributed by atoms with Gasteiger partial charge in [-0.15, -0.1) is 0 Å². The summed E-state index contributed by atoms with van der Waals surface area (Å²) in [6.07, 6.45) is 2.77. The monoisotopic (exact) mass is 297 g/mol. The van der Waals surface area contributed by atoms with E-state index >= 15 is 0 Å². The van der Waals surface area contributed by atoms with E-state index in [-0.39, 0.29) is 6.04 Å². The van der Waals surface area contributed by atoms with Crippen LogP contribution >= 0.6 is 0 Å². The first-order valence-electron chi connectivity index (χ1n) is 7.18. The van der Waals surface area contributed by atoms with Gasteiger partial charge >= 0.3 is 0 Å². The largest absolute Gasteiger partial charge is 0.393 e. The molecule has 2 rings (SSSR count). The molecule has 0 aliphatic carbocycles. The van der Waals surface area contributed by atoms with Crippen LogP contribution in [0.15, 0.2) is 29.2 Å². The van der Waals surface area contributed by atoms with Crippen LogP contribution < -0.4 is 0 Å². The van der Waals surface area contributed by atoms with Gasteiger partial charge in [-0.05, 0) is 44.7 Å². The molecule has 0 saturated carbocycles. The van der Waals surface area contributed by atoms with E-state index in [9.17, 15) is 13.5 Å². The smallest absolute Gasteiger partial charge is 0.243 e. The summed E-state index contributed by atoms with van der Waals surface area (Å²) in [4.78, 5) is 0.387. The van der Waals surface area contributed by atoms with Crippen molar-refractivity contribution in [3.05, 3.63) is 29.8 Å². The lowest BCUT2D eigenvalue weighted by Crippen LogP contribution is -2.45. The predicted molar refractivity (Wildman–Crippen MR) is 79.0 cm³/mol. The van der Waals surface area contributed by atoms with Crippen LogP contribution in [0.5, 0.6) is 0 Å². The van der Waals surface area contributed by atoms with Crippen molar-refractivity contribution in [2.24, 2.45) is 0 Å². The summed E-state index contributed by atoms with van der Waals surface area (Å²) < 4.78 is 27.3. The number of aliphatic hydroxyl groups excluding tert-OH is 1. The van der Waals surface area contributed by atoms with Gasteiger partial charge in [-0.25, -0.2) is 8.42 Å². The molecule has 1 aliphatic heterocycles. The van der Waals surface area contributed by atoms with E-state index in [4.69, 9.17) is 0 Å². The van der Waals surface area contributed by atoms with Gasteiger partial charge in [-0.2, -0.15) is 4.31 Å². The molecule has 1 N–H and O–H groups in total. The number of aryl methyl sites for hydroxylation is 1. The maximum absolute atomic E-state index is 12.8. The quantitative estimate of drug-likeness (QED) is 0.928. The zero-order chi connectivity index (χ0) is 14.8. The van der Waals surface area contributed by atoms with Gasteiger partial charge in [0.2, 0.25) is 10.0 Å². The third-order valence-corrected chi connectivity index (χ3v) is 5.98. The number of sulfonamides is 1. The molecule has 5 heteroatoms. The second-order valence-corrected chi connectivity index (χ2v) is 7.47. The van der Waals surface area contributed by atoms with Crippen LogP contribution in [0.25, 0.3) is 0 Å². The number of piperidine rings is 1. The third-order valence-electron chi connectivity index (χ3n) is 3.87. The summed E-state index contributed by atoms with van der Waals surface area (Å²) in [5.74, 6) is 0. The second kappa shape index (κ2) is 6.24. The van der Waals surface area contributed by atoms with Crippen molar-refractivity contribution < 1.29 is 13.5 Å². The number of hydrogen-bond donors (Lipinski definition) is 1. The van der Waals surface area contributed by atoms with Gasteiger partial charge in [0.1, 0.15) is 0 Å². The Morgan fingerprint density at radius 1 is 1.35 bits per heavy atom. The molecule has 1 aromatic rings. The van der Waals surface area contributed by atoms with Gasteiger partial charge in [0.15, 0.2) is 0 Å². The molecule has 0 spiro atoms. The molecule has 1 heterocycles. The maximum atomic E-state index is 12.8. The van der Waals surface area contributed by atoms with Crippen molar-refractivity contribution in [3.8, 4) is 0 Å². The SMILES string of the molecule is Cc1ccccc1S(=O)(=O)N1CCCCC1CC(C)O. The zero-order valence-electron chi connectivity index (χ0n) is 12.1. The fraction of sp³-hybridized carbons (Fsp3) is 0.600. The highest BCUT2D eigenvalue weighted by atomic mass is 32.2. The number of hydrogen-bond acceptors (Lipinski definition) is 3. The third kappa shape index (κ3) is 3.22. The van der Waals surface area contributed by atoms with Gasteiger partial charge in [0, 0.05) is 12.6 Å². The normalized spacial score (nSPS) is 22.6. The number of rotatable bonds is 4. The van der Waals surface area contributed by atoms with Gasteiger partial charge in [0.05, 0.1) is 11.0 Å². The zero-order valence-corrected chi connectivity index (χ0v) is 12.9. The summed E-state index contributed by atoms with van der Waals surface area (Å²) >= 11 is 0. The predicted octanol–water partition coefficient (Wildman–Crippen LogP) is 2.31. The van der Waals surface area contributed by atoms with Crippen molar-refractivity contribution in [1.29, 1.82) is 0 Å². The van der Waals surface area contributed by atoms with E-state index in [1.165, 1.54) is 0 Å². The van der Waals surface area contributed by atoms with Gasteiger partial charge in [-0.1, -0.05) is 24.6 Å². The minimum absolute atomic E-state index is 0.0895. The maximum Gasteiger partial charge on any atom is 0.243 e. The van der Waals surface area contributed by atoms with Crippen LogP contribution in [-0.4, -0.2) is 36.5 Å².